The van der Waals surface area contributed by atoms with E-state index >= 15 is 0 Å². The molecule has 0 fully saturated rings. The minimum Gasteiger partial charge on any atom is -0.508 e. The summed E-state index contributed by atoms with van der Waals surface area (Å²) in [6.07, 6.45) is 11.9. The first-order valence-electron chi connectivity index (χ1n) is 9.10. The molecule has 4 heteroatoms. The molecule has 0 bridgehead atoms. The molecule has 138 valence electrons. The summed E-state index contributed by atoms with van der Waals surface area (Å²) in [5, 5.41) is 25.7. The number of aliphatic hydroxyl groups is 1. The van der Waals surface area contributed by atoms with Crippen LogP contribution in [0.2, 0.25) is 0 Å². The number of carboxylic acid groups (broad SMARTS) is 1. The van der Waals surface area contributed by atoms with Crippen molar-refractivity contribution in [1.82, 2.24) is 0 Å². The van der Waals surface area contributed by atoms with Gasteiger partial charge in [0.15, 0.2) is 0 Å². The minimum absolute atomic E-state index is 0.0741. The van der Waals surface area contributed by atoms with Gasteiger partial charge in [0.05, 0.1) is 5.56 Å². The number of phenolic OH excluding ortho intramolecular Hbond substituents is 1. The highest BCUT2D eigenvalue weighted by molar-refractivity contribution is 5.87. The molecule has 0 saturated carbocycles. The topological polar surface area (TPSA) is 77.8 Å². The number of carbonyl (C=O) groups is 1. The first kappa shape index (κ1) is 22.4. The normalized spacial score (nSPS) is 10.3. The molecule has 1 aromatic rings. The Labute approximate surface area is 146 Å². The van der Waals surface area contributed by atoms with Crippen LogP contribution in [0.25, 0.3) is 0 Å². The highest BCUT2D eigenvalue weighted by atomic mass is 16.4. The van der Waals surface area contributed by atoms with Crippen LogP contribution in [0.5, 0.6) is 5.75 Å². The number of carboxylic acids is 1. The lowest BCUT2D eigenvalue weighted by Gasteiger charge is -2.04. The molecule has 0 aliphatic carbocycles. The Kier molecular flexibility index (Phi) is 14.0. The van der Waals surface area contributed by atoms with Crippen molar-refractivity contribution in [1.29, 1.82) is 0 Å². The number of aliphatic hydroxyl groups excluding tert-OH is 1. The van der Waals surface area contributed by atoms with Crippen molar-refractivity contribution in [2.45, 2.75) is 71.6 Å². The zero-order valence-electron chi connectivity index (χ0n) is 15.2. The number of hydrogen-bond donors (Lipinski definition) is 3. The Morgan fingerprint density at radius 1 is 0.875 bits per heavy atom. The Morgan fingerprint density at radius 3 is 1.75 bits per heavy atom. The Morgan fingerprint density at radius 2 is 1.33 bits per heavy atom. The molecule has 0 amide bonds. The predicted octanol–water partition coefficient (Wildman–Crippen LogP) is 5.24. The van der Waals surface area contributed by atoms with Crippen LogP contribution in [0.1, 0.15) is 82.0 Å². The van der Waals surface area contributed by atoms with E-state index in [1.165, 1.54) is 75.6 Å². The zero-order valence-corrected chi connectivity index (χ0v) is 15.2. The van der Waals surface area contributed by atoms with Crippen LogP contribution in [-0.4, -0.2) is 27.9 Å². The number of rotatable bonds is 11. The van der Waals surface area contributed by atoms with E-state index in [0.29, 0.717) is 6.61 Å². The number of aromatic hydroxyl groups is 1. The van der Waals surface area contributed by atoms with Gasteiger partial charge in [0.2, 0.25) is 0 Å². The average molecular weight is 338 g/mol. The Bertz CT molecular complexity index is 412. The van der Waals surface area contributed by atoms with E-state index < -0.39 is 5.97 Å². The highest BCUT2D eigenvalue weighted by Crippen LogP contribution is 2.12. The van der Waals surface area contributed by atoms with Crippen molar-refractivity contribution in [2.24, 2.45) is 5.92 Å². The maximum Gasteiger partial charge on any atom is 0.335 e. The second kappa shape index (κ2) is 15.0. The number of phenols is 1. The van der Waals surface area contributed by atoms with E-state index in [2.05, 4.69) is 13.8 Å². The van der Waals surface area contributed by atoms with Gasteiger partial charge in [-0.3, -0.25) is 0 Å². The average Bonchev–Trinajstić information content (AvgIpc) is 2.54. The van der Waals surface area contributed by atoms with E-state index in [4.69, 9.17) is 15.3 Å². The van der Waals surface area contributed by atoms with Crippen molar-refractivity contribution >= 4 is 5.97 Å². The van der Waals surface area contributed by atoms with Crippen LogP contribution in [-0.2, 0) is 0 Å². The van der Waals surface area contributed by atoms with Crippen LogP contribution in [0.3, 0.4) is 0 Å². The fourth-order valence-electron chi connectivity index (χ4n) is 2.33. The van der Waals surface area contributed by atoms with Crippen LogP contribution in [0.4, 0.5) is 0 Å². The third-order valence-electron chi connectivity index (χ3n) is 3.80. The molecule has 4 nitrogen and oxygen atoms in total. The van der Waals surface area contributed by atoms with Crippen LogP contribution in [0.15, 0.2) is 24.3 Å². The maximum absolute atomic E-state index is 10.2. The third kappa shape index (κ3) is 14.1. The Balaban J connectivity index is 0.000000463. The molecule has 0 radical (unpaired) electrons. The van der Waals surface area contributed by atoms with Crippen molar-refractivity contribution in [2.75, 3.05) is 6.61 Å². The fraction of sp³-hybridized carbons (Fsp3) is 0.650. The Hall–Kier alpha value is -1.55. The van der Waals surface area contributed by atoms with Crippen molar-refractivity contribution in [3.63, 3.8) is 0 Å². The largest absolute Gasteiger partial charge is 0.508 e. The molecular formula is C20H34O4. The van der Waals surface area contributed by atoms with Gasteiger partial charge >= 0.3 is 5.97 Å². The summed E-state index contributed by atoms with van der Waals surface area (Å²) in [5.41, 5.74) is 0.179. The van der Waals surface area contributed by atoms with Gasteiger partial charge in [-0.25, -0.2) is 4.79 Å². The lowest BCUT2D eigenvalue weighted by molar-refractivity contribution is 0.0697. The predicted molar refractivity (Wildman–Crippen MR) is 98.5 cm³/mol. The lowest BCUT2D eigenvalue weighted by Crippen LogP contribution is -1.93. The lowest BCUT2D eigenvalue weighted by atomic mass is 10.0. The molecule has 24 heavy (non-hydrogen) atoms. The molecular weight excluding hydrogens is 304 g/mol. The van der Waals surface area contributed by atoms with Gasteiger partial charge in [-0.2, -0.15) is 0 Å². The molecule has 0 unspecified atom stereocenters. The van der Waals surface area contributed by atoms with Gasteiger partial charge in [-0.15, -0.1) is 0 Å². The van der Waals surface area contributed by atoms with Crippen molar-refractivity contribution in [3.8, 4) is 5.75 Å². The van der Waals surface area contributed by atoms with E-state index in [9.17, 15) is 4.79 Å². The summed E-state index contributed by atoms with van der Waals surface area (Å²) in [6.45, 7) is 4.97. The summed E-state index contributed by atoms with van der Waals surface area (Å²) in [7, 11) is 0. The second-order valence-corrected chi connectivity index (χ2v) is 6.59. The SMILES string of the molecule is CC(C)CCCCCCCCCCO.O=C(O)c1ccc(O)cc1. The molecule has 0 aliphatic rings. The molecule has 0 saturated heterocycles. The van der Waals surface area contributed by atoms with Gasteiger partial charge in [0, 0.05) is 6.61 Å². The summed E-state index contributed by atoms with van der Waals surface area (Å²) < 4.78 is 0. The standard InChI is InChI=1S/C13H28O.C7H6O3/c1-13(2)11-9-7-5-3-4-6-8-10-12-14;8-6-3-1-5(2-4-6)7(9)10/h13-14H,3-12H2,1-2H3;1-4,8H,(H,9,10). The number of benzene rings is 1. The van der Waals surface area contributed by atoms with Gasteiger partial charge in [0.1, 0.15) is 5.75 Å². The molecule has 0 aromatic heterocycles. The molecule has 1 rings (SSSR count). The van der Waals surface area contributed by atoms with Crippen LogP contribution >= 0.6 is 0 Å². The second-order valence-electron chi connectivity index (χ2n) is 6.59. The smallest absolute Gasteiger partial charge is 0.335 e. The van der Waals surface area contributed by atoms with Gasteiger partial charge in [0.25, 0.3) is 0 Å². The maximum atomic E-state index is 10.2. The molecule has 0 heterocycles. The van der Waals surface area contributed by atoms with Gasteiger partial charge < -0.3 is 15.3 Å². The first-order valence-corrected chi connectivity index (χ1v) is 9.10. The molecule has 1 aromatic carbocycles. The van der Waals surface area contributed by atoms with Gasteiger partial charge in [-0.05, 0) is 36.6 Å². The van der Waals surface area contributed by atoms with Crippen molar-refractivity contribution in [3.05, 3.63) is 29.8 Å². The molecule has 0 atom stereocenters. The van der Waals surface area contributed by atoms with Crippen molar-refractivity contribution < 1.29 is 20.1 Å². The monoisotopic (exact) mass is 338 g/mol. The van der Waals surface area contributed by atoms with E-state index in [1.807, 2.05) is 0 Å². The number of aromatic carboxylic acids is 1. The summed E-state index contributed by atoms with van der Waals surface area (Å²) in [4.78, 5) is 10.2. The highest BCUT2D eigenvalue weighted by Gasteiger charge is 1.99. The zero-order chi connectivity index (χ0) is 18.2. The number of hydrogen-bond acceptors (Lipinski definition) is 3. The van der Waals surface area contributed by atoms with E-state index in [-0.39, 0.29) is 11.3 Å². The van der Waals surface area contributed by atoms with E-state index in [0.717, 1.165) is 12.3 Å². The van der Waals surface area contributed by atoms with E-state index in [1.54, 1.807) is 0 Å². The van der Waals surface area contributed by atoms with Gasteiger partial charge in [-0.1, -0.05) is 65.2 Å². The molecule has 3 N–H and O–H groups in total. The van der Waals surface area contributed by atoms with Crippen LogP contribution < -0.4 is 0 Å². The quantitative estimate of drug-likeness (QED) is 0.482. The fourth-order valence-corrected chi connectivity index (χ4v) is 2.33. The summed E-state index contributed by atoms with van der Waals surface area (Å²) in [6, 6.07) is 5.36. The molecule has 0 spiro atoms. The van der Waals surface area contributed by atoms with Crippen LogP contribution in [0, 0.1) is 5.92 Å². The third-order valence-corrected chi connectivity index (χ3v) is 3.80. The summed E-state index contributed by atoms with van der Waals surface area (Å²) >= 11 is 0. The minimum atomic E-state index is -0.986. The first-order chi connectivity index (χ1) is 11.5. The molecule has 0 aliphatic heterocycles. The summed E-state index contributed by atoms with van der Waals surface area (Å²) in [5.74, 6) is -0.0374. The number of unbranched alkanes of at least 4 members (excludes halogenated alkanes) is 7.